The number of halogens is 1. The van der Waals surface area contributed by atoms with Gasteiger partial charge in [-0.25, -0.2) is 9.07 Å². The van der Waals surface area contributed by atoms with Crippen molar-refractivity contribution in [3.8, 4) is 16.9 Å². The van der Waals surface area contributed by atoms with Gasteiger partial charge in [0.05, 0.1) is 22.4 Å². The summed E-state index contributed by atoms with van der Waals surface area (Å²) in [5.74, 6) is 0.00467. The van der Waals surface area contributed by atoms with Crippen LogP contribution >= 0.6 is 23.1 Å². The summed E-state index contributed by atoms with van der Waals surface area (Å²) >= 11 is 3.20. The second-order valence-corrected chi connectivity index (χ2v) is 12.3. The lowest BCUT2D eigenvalue weighted by Crippen LogP contribution is -2.42. The minimum Gasteiger partial charge on any atom is -0.350 e. The largest absolute Gasteiger partial charge is 0.350 e. The molecule has 2 aromatic heterocycles. The normalized spacial score (nSPS) is 14.9. The number of nitrogens with one attached hydrogen (secondary N) is 1. The van der Waals surface area contributed by atoms with Gasteiger partial charge in [-0.1, -0.05) is 66.2 Å². The van der Waals surface area contributed by atoms with E-state index in [1.165, 1.54) is 12.1 Å². The van der Waals surface area contributed by atoms with E-state index in [1.807, 2.05) is 72.4 Å². The Labute approximate surface area is 252 Å². The Kier molecular flexibility index (Phi) is 7.95. The molecule has 0 spiro atoms. The average Bonchev–Trinajstić information content (AvgIpc) is 3.63. The summed E-state index contributed by atoms with van der Waals surface area (Å²) < 4.78 is 15.2. The first-order valence-electron chi connectivity index (χ1n) is 13.6. The van der Waals surface area contributed by atoms with Crippen LogP contribution in [0.3, 0.4) is 0 Å². The third kappa shape index (κ3) is 5.62. The van der Waals surface area contributed by atoms with Gasteiger partial charge in [0.2, 0.25) is 11.8 Å². The molecule has 6 nitrogen and oxygen atoms in total. The molecule has 1 aliphatic heterocycles. The van der Waals surface area contributed by atoms with Gasteiger partial charge in [0.15, 0.2) is 0 Å². The summed E-state index contributed by atoms with van der Waals surface area (Å²) in [5.41, 5.74) is 6.38. The number of thiophene rings is 1. The van der Waals surface area contributed by atoms with Crippen molar-refractivity contribution in [3.63, 3.8) is 0 Å². The van der Waals surface area contributed by atoms with Gasteiger partial charge in [0, 0.05) is 22.5 Å². The Hall–Kier alpha value is -4.21. The Morgan fingerprint density at radius 1 is 1.02 bits per heavy atom. The first-order chi connectivity index (χ1) is 20.4. The highest BCUT2D eigenvalue weighted by atomic mass is 32.2. The number of hydrogen-bond acceptors (Lipinski definition) is 5. The summed E-state index contributed by atoms with van der Waals surface area (Å²) in [6, 6.07) is 26.2. The highest BCUT2D eigenvalue weighted by Crippen LogP contribution is 2.49. The molecule has 0 saturated carbocycles. The lowest BCUT2D eigenvalue weighted by atomic mass is 10.0. The maximum atomic E-state index is 13.9. The number of fused-ring (bicyclic) bond motifs is 1. The minimum absolute atomic E-state index is 0.147. The Morgan fingerprint density at radius 3 is 2.52 bits per heavy atom. The van der Waals surface area contributed by atoms with Gasteiger partial charge in [-0.15, -0.1) is 23.1 Å². The molecule has 1 aliphatic rings. The van der Waals surface area contributed by atoms with E-state index < -0.39 is 0 Å². The number of anilines is 1. The number of carbonyl (C=O) groups is 2. The van der Waals surface area contributed by atoms with Crippen molar-refractivity contribution in [2.45, 2.75) is 25.6 Å². The molecular weight excluding hydrogens is 568 g/mol. The highest BCUT2D eigenvalue weighted by molar-refractivity contribution is 8.00. The number of nitrogens with zero attached hydrogens (tertiary/aromatic N) is 3. The molecule has 1 N–H and O–H groups in total. The summed E-state index contributed by atoms with van der Waals surface area (Å²) in [4.78, 5) is 29.9. The van der Waals surface area contributed by atoms with E-state index in [0.29, 0.717) is 5.82 Å². The van der Waals surface area contributed by atoms with Crippen molar-refractivity contribution < 1.29 is 14.0 Å². The SMILES string of the molecule is Cc1ccc(-n2nc(-c3ccccc3)c3c2N(CC(=O)NCc2ccc(F)cc2)C(=O)CS[C@H]3c2cccs2)c(C)c1. The molecule has 0 radical (unpaired) electrons. The molecule has 3 heterocycles. The van der Waals surface area contributed by atoms with E-state index in [0.717, 1.165) is 44.1 Å². The maximum Gasteiger partial charge on any atom is 0.240 e. The monoisotopic (exact) mass is 596 g/mol. The van der Waals surface area contributed by atoms with Crippen LogP contribution < -0.4 is 10.2 Å². The molecule has 42 heavy (non-hydrogen) atoms. The van der Waals surface area contributed by atoms with Crippen molar-refractivity contribution in [3.05, 3.63) is 123 Å². The molecule has 2 amide bonds. The summed E-state index contributed by atoms with van der Waals surface area (Å²) in [6.07, 6.45) is 0. The predicted molar refractivity (Wildman–Crippen MR) is 168 cm³/mol. The molecule has 3 aromatic carbocycles. The second kappa shape index (κ2) is 12.0. The number of hydrogen-bond donors (Lipinski definition) is 1. The first kappa shape index (κ1) is 27.9. The second-order valence-electron chi connectivity index (χ2n) is 10.2. The fourth-order valence-electron chi connectivity index (χ4n) is 5.21. The molecule has 1 atom stereocenters. The molecule has 0 saturated heterocycles. The topological polar surface area (TPSA) is 67.2 Å². The standard InChI is InChI=1S/C33H29FN4O2S2/c1-21-10-15-26(22(2)17-21)38-33-30(31(36-38)24-7-4-3-5-8-24)32(27-9-6-16-41-27)42-20-29(40)37(33)19-28(39)35-18-23-11-13-25(34)14-12-23/h3-17,32H,18-20H2,1-2H3,(H,35,39)/t32-/m0/s1. The van der Waals surface area contributed by atoms with Crippen LogP contribution in [-0.2, 0) is 16.1 Å². The molecule has 212 valence electrons. The zero-order valence-electron chi connectivity index (χ0n) is 23.2. The summed E-state index contributed by atoms with van der Waals surface area (Å²) in [7, 11) is 0. The third-order valence-corrected chi connectivity index (χ3v) is 9.55. The Bertz CT molecular complexity index is 1730. The van der Waals surface area contributed by atoms with E-state index in [2.05, 4.69) is 17.4 Å². The van der Waals surface area contributed by atoms with Crippen molar-refractivity contribution >= 4 is 40.7 Å². The van der Waals surface area contributed by atoms with Crippen LogP contribution in [-0.4, -0.2) is 33.9 Å². The molecule has 0 fully saturated rings. The average molecular weight is 597 g/mol. The summed E-state index contributed by atoms with van der Waals surface area (Å²) in [6.45, 7) is 4.13. The Balaban J connectivity index is 1.50. The summed E-state index contributed by atoms with van der Waals surface area (Å²) in [5, 5.41) is 9.96. The fourth-order valence-corrected chi connectivity index (χ4v) is 7.38. The van der Waals surface area contributed by atoms with E-state index in [4.69, 9.17) is 5.10 Å². The number of aromatic nitrogens is 2. The molecule has 9 heteroatoms. The maximum absolute atomic E-state index is 13.9. The van der Waals surface area contributed by atoms with Crippen LogP contribution in [0.1, 0.15) is 32.4 Å². The van der Waals surface area contributed by atoms with E-state index in [-0.39, 0.29) is 41.7 Å². The lowest BCUT2D eigenvalue weighted by molar-refractivity contribution is -0.123. The number of benzene rings is 3. The molecular formula is C33H29FN4O2S2. The van der Waals surface area contributed by atoms with Crippen LogP contribution in [0, 0.1) is 19.7 Å². The van der Waals surface area contributed by atoms with Crippen molar-refractivity contribution in [2.24, 2.45) is 0 Å². The molecule has 6 rings (SSSR count). The van der Waals surface area contributed by atoms with Gasteiger partial charge in [0.1, 0.15) is 18.2 Å². The minimum atomic E-state index is -0.334. The van der Waals surface area contributed by atoms with Gasteiger partial charge in [-0.2, -0.15) is 5.10 Å². The van der Waals surface area contributed by atoms with E-state index in [1.54, 1.807) is 40.1 Å². The van der Waals surface area contributed by atoms with Crippen LogP contribution in [0.2, 0.25) is 0 Å². The van der Waals surface area contributed by atoms with Crippen molar-refractivity contribution in [1.29, 1.82) is 0 Å². The number of thioether (sulfide) groups is 1. The van der Waals surface area contributed by atoms with Gasteiger partial charge in [-0.3, -0.25) is 14.5 Å². The van der Waals surface area contributed by atoms with Gasteiger partial charge in [0.25, 0.3) is 0 Å². The van der Waals surface area contributed by atoms with Crippen LogP contribution in [0.25, 0.3) is 16.9 Å². The fraction of sp³-hybridized carbons (Fsp3) is 0.182. The van der Waals surface area contributed by atoms with Crippen LogP contribution in [0.4, 0.5) is 10.2 Å². The van der Waals surface area contributed by atoms with Crippen LogP contribution in [0.15, 0.2) is 90.3 Å². The first-order valence-corrected chi connectivity index (χ1v) is 15.5. The van der Waals surface area contributed by atoms with Gasteiger partial charge >= 0.3 is 0 Å². The zero-order valence-corrected chi connectivity index (χ0v) is 24.8. The quantitative estimate of drug-likeness (QED) is 0.223. The lowest BCUT2D eigenvalue weighted by Gasteiger charge is -2.23. The van der Waals surface area contributed by atoms with E-state index in [9.17, 15) is 14.0 Å². The molecule has 5 aromatic rings. The molecule has 0 aliphatic carbocycles. The number of rotatable bonds is 7. The molecule has 0 unspecified atom stereocenters. The van der Waals surface area contributed by atoms with E-state index >= 15 is 0 Å². The van der Waals surface area contributed by atoms with Gasteiger partial charge < -0.3 is 5.32 Å². The highest BCUT2D eigenvalue weighted by Gasteiger charge is 2.38. The zero-order chi connectivity index (χ0) is 29.2. The van der Waals surface area contributed by atoms with Crippen molar-refractivity contribution in [2.75, 3.05) is 17.2 Å². The molecule has 0 bridgehead atoms. The predicted octanol–water partition coefficient (Wildman–Crippen LogP) is 6.84. The smallest absolute Gasteiger partial charge is 0.240 e. The van der Waals surface area contributed by atoms with Crippen molar-refractivity contribution in [1.82, 2.24) is 15.1 Å². The third-order valence-electron chi connectivity index (χ3n) is 7.22. The number of aryl methyl sites for hydroxylation is 2. The number of carbonyl (C=O) groups excluding carboxylic acids is 2. The van der Waals surface area contributed by atoms with Gasteiger partial charge in [-0.05, 0) is 54.6 Å². The number of amides is 2. The van der Waals surface area contributed by atoms with Crippen LogP contribution in [0.5, 0.6) is 0 Å². The Morgan fingerprint density at radius 2 is 1.81 bits per heavy atom.